The lowest BCUT2D eigenvalue weighted by atomic mass is 9.98. The van der Waals surface area contributed by atoms with E-state index < -0.39 is 0 Å². The number of rotatable bonds is 8. The average molecular weight is 409 g/mol. The predicted octanol–water partition coefficient (Wildman–Crippen LogP) is 3.68. The van der Waals surface area contributed by atoms with Gasteiger partial charge in [0.25, 0.3) is 0 Å². The van der Waals surface area contributed by atoms with Crippen molar-refractivity contribution in [3.8, 4) is 5.75 Å². The van der Waals surface area contributed by atoms with E-state index in [1.54, 1.807) is 14.2 Å². The summed E-state index contributed by atoms with van der Waals surface area (Å²) in [6, 6.07) is 16.4. The highest BCUT2D eigenvalue weighted by Crippen LogP contribution is 2.22. The molecule has 1 aliphatic rings. The van der Waals surface area contributed by atoms with E-state index in [1.165, 1.54) is 5.56 Å². The SMILES string of the molecule is CN=C(NCCC(C)c1ccc(OC)cc1)NCc1ccc(N2CCCC2=O)cc1. The zero-order chi connectivity index (χ0) is 21.3. The Morgan fingerprint density at radius 1 is 1.13 bits per heavy atom. The first-order chi connectivity index (χ1) is 14.6. The third-order valence-electron chi connectivity index (χ3n) is 5.56. The number of benzene rings is 2. The molecule has 0 bridgehead atoms. The summed E-state index contributed by atoms with van der Waals surface area (Å²) < 4.78 is 5.22. The number of amides is 1. The van der Waals surface area contributed by atoms with Crippen LogP contribution in [0.15, 0.2) is 53.5 Å². The third kappa shape index (κ3) is 5.75. The molecule has 6 heteroatoms. The molecule has 0 saturated carbocycles. The summed E-state index contributed by atoms with van der Waals surface area (Å²) in [4.78, 5) is 18.0. The van der Waals surface area contributed by atoms with Gasteiger partial charge < -0.3 is 20.3 Å². The molecule has 0 aromatic heterocycles. The van der Waals surface area contributed by atoms with Gasteiger partial charge in [-0.3, -0.25) is 9.79 Å². The lowest BCUT2D eigenvalue weighted by Crippen LogP contribution is -2.37. The molecule has 1 unspecified atom stereocenters. The van der Waals surface area contributed by atoms with Gasteiger partial charge in [0, 0.05) is 38.8 Å². The second kappa shape index (κ2) is 10.7. The Morgan fingerprint density at radius 2 is 1.87 bits per heavy atom. The fourth-order valence-electron chi connectivity index (χ4n) is 3.63. The fraction of sp³-hybridized carbons (Fsp3) is 0.417. The minimum atomic E-state index is 0.217. The van der Waals surface area contributed by atoms with Crippen LogP contribution in [0.3, 0.4) is 0 Å². The van der Waals surface area contributed by atoms with E-state index in [1.807, 2.05) is 29.2 Å². The lowest BCUT2D eigenvalue weighted by Gasteiger charge is -2.17. The molecule has 1 fully saturated rings. The van der Waals surface area contributed by atoms with Crippen LogP contribution in [-0.4, -0.2) is 39.1 Å². The number of ether oxygens (including phenoxy) is 1. The standard InChI is InChI=1S/C24H32N4O2/c1-18(20-8-12-22(30-3)13-9-20)14-15-26-24(25-2)27-17-19-6-10-21(11-7-19)28-16-4-5-23(28)29/h6-13,18H,4-5,14-17H2,1-3H3,(H2,25,26,27). The Labute approximate surface area is 179 Å². The van der Waals surface area contributed by atoms with Crippen molar-refractivity contribution in [2.24, 2.45) is 4.99 Å². The zero-order valence-electron chi connectivity index (χ0n) is 18.1. The molecule has 0 radical (unpaired) electrons. The Kier molecular flexibility index (Phi) is 7.71. The molecule has 6 nitrogen and oxygen atoms in total. The molecule has 0 aliphatic carbocycles. The molecular formula is C24H32N4O2. The summed E-state index contributed by atoms with van der Waals surface area (Å²) in [7, 11) is 3.47. The highest BCUT2D eigenvalue weighted by molar-refractivity contribution is 5.95. The Hall–Kier alpha value is -3.02. The van der Waals surface area contributed by atoms with Gasteiger partial charge in [0.1, 0.15) is 5.75 Å². The minimum Gasteiger partial charge on any atom is -0.497 e. The normalized spacial score (nSPS) is 15.2. The van der Waals surface area contributed by atoms with E-state index in [-0.39, 0.29) is 5.91 Å². The largest absolute Gasteiger partial charge is 0.497 e. The first kappa shape index (κ1) is 21.7. The molecule has 1 aliphatic heterocycles. The Bertz CT molecular complexity index is 847. The first-order valence-electron chi connectivity index (χ1n) is 10.6. The molecular weight excluding hydrogens is 376 g/mol. The second-order valence-corrected chi connectivity index (χ2v) is 7.63. The van der Waals surface area contributed by atoms with E-state index in [4.69, 9.17) is 4.74 Å². The van der Waals surface area contributed by atoms with Crippen molar-refractivity contribution in [1.29, 1.82) is 0 Å². The minimum absolute atomic E-state index is 0.217. The maximum atomic E-state index is 11.9. The van der Waals surface area contributed by atoms with Gasteiger partial charge in [-0.1, -0.05) is 31.2 Å². The Balaban J connectivity index is 1.42. The van der Waals surface area contributed by atoms with Crippen molar-refractivity contribution in [1.82, 2.24) is 10.6 Å². The number of nitrogens with zero attached hydrogens (tertiary/aromatic N) is 2. The van der Waals surface area contributed by atoms with Crippen LogP contribution in [0.2, 0.25) is 0 Å². The Morgan fingerprint density at radius 3 is 2.47 bits per heavy atom. The van der Waals surface area contributed by atoms with Crippen molar-refractivity contribution >= 4 is 17.6 Å². The highest BCUT2D eigenvalue weighted by atomic mass is 16.5. The fourth-order valence-corrected chi connectivity index (χ4v) is 3.63. The van der Waals surface area contributed by atoms with Crippen LogP contribution in [0.4, 0.5) is 5.69 Å². The van der Waals surface area contributed by atoms with E-state index in [0.29, 0.717) is 18.9 Å². The van der Waals surface area contributed by atoms with E-state index >= 15 is 0 Å². The van der Waals surface area contributed by atoms with Gasteiger partial charge in [-0.2, -0.15) is 0 Å². The molecule has 2 aromatic carbocycles. The maximum absolute atomic E-state index is 11.9. The van der Waals surface area contributed by atoms with Gasteiger partial charge in [-0.25, -0.2) is 0 Å². The van der Waals surface area contributed by atoms with Crippen LogP contribution in [0.25, 0.3) is 0 Å². The van der Waals surface area contributed by atoms with E-state index in [0.717, 1.165) is 48.9 Å². The quantitative estimate of drug-likeness (QED) is 0.517. The number of guanidine groups is 1. The number of methoxy groups -OCH3 is 1. The number of hydrogen-bond donors (Lipinski definition) is 2. The highest BCUT2D eigenvalue weighted by Gasteiger charge is 2.21. The summed E-state index contributed by atoms with van der Waals surface area (Å²) in [6.45, 7) is 4.57. The van der Waals surface area contributed by atoms with Gasteiger partial charge in [0.15, 0.2) is 5.96 Å². The number of aliphatic imine (C=N–C) groups is 1. The van der Waals surface area contributed by atoms with Crippen LogP contribution < -0.4 is 20.3 Å². The topological polar surface area (TPSA) is 66.0 Å². The van der Waals surface area contributed by atoms with Crippen molar-refractivity contribution in [2.75, 3.05) is 32.1 Å². The number of anilines is 1. The predicted molar refractivity (Wildman–Crippen MR) is 122 cm³/mol. The van der Waals surface area contributed by atoms with Gasteiger partial charge in [0.2, 0.25) is 5.91 Å². The van der Waals surface area contributed by atoms with Crippen LogP contribution in [0.5, 0.6) is 5.75 Å². The molecule has 160 valence electrons. The summed E-state index contributed by atoms with van der Waals surface area (Å²) in [5.41, 5.74) is 3.44. The molecule has 2 N–H and O–H groups in total. The summed E-state index contributed by atoms with van der Waals surface area (Å²) >= 11 is 0. The molecule has 0 spiro atoms. The van der Waals surface area contributed by atoms with Crippen LogP contribution in [0.1, 0.15) is 43.2 Å². The molecule has 2 aromatic rings. The van der Waals surface area contributed by atoms with Crippen LogP contribution in [-0.2, 0) is 11.3 Å². The molecule has 1 saturated heterocycles. The number of hydrogen-bond acceptors (Lipinski definition) is 3. The van der Waals surface area contributed by atoms with Gasteiger partial charge in [0.05, 0.1) is 7.11 Å². The zero-order valence-corrected chi connectivity index (χ0v) is 18.1. The van der Waals surface area contributed by atoms with Crippen molar-refractivity contribution in [2.45, 2.75) is 38.6 Å². The molecule has 1 atom stereocenters. The monoisotopic (exact) mass is 408 g/mol. The number of carbonyl (C=O) groups is 1. The van der Waals surface area contributed by atoms with Gasteiger partial charge in [-0.05, 0) is 54.2 Å². The van der Waals surface area contributed by atoms with Gasteiger partial charge in [-0.15, -0.1) is 0 Å². The first-order valence-corrected chi connectivity index (χ1v) is 10.6. The smallest absolute Gasteiger partial charge is 0.227 e. The molecule has 3 rings (SSSR count). The lowest BCUT2D eigenvalue weighted by molar-refractivity contribution is -0.117. The van der Waals surface area contributed by atoms with Crippen LogP contribution >= 0.6 is 0 Å². The number of nitrogens with one attached hydrogen (secondary N) is 2. The third-order valence-corrected chi connectivity index (χ3v) is 5.56. The van der Waals surface area contributed by atoms with Crippen molar-refractivity contribution in [3.63, 3.8) is 0 Å². The average Bonchev–Trinajstić information content (AvgIpc) is 3.22. The maximum Gasteiger partial charge on any atom is 0.227 e. The van der Waals surface area contributed by atoms with E-state index in [2.05, 4.69) is 46.8 Å². The van der Waals surface area contributed by atoms with E-state index in [9.17, 15) is 4.79 Å². The molecule has 1 amide bonds. The van der Waals surface area contributed by atoms with Crippen LogP contribution in [0, 0.1) is 0 Å². The summed E-state index contributed by atoms with van der Waals surface area (Å²) in [5, 5.41) is 6.74. The van der Waals surface area contributed by atoms with Gasteiger partial charge >= 0.3 is 0 Å². The molecule has 1 heterocycles. The van der Waals surface area contributed by atoms with Crippen molar-refractivity contribution in [3.05, 3.63) is 59.7 Å². The molecule has 30 heavy (non-hydrogen) atoms. The second-order valence-electron chi connectivity index (χ2n) is 7.63. The summed E-state index contributed by atoms with van der Waals surface area (Å²) in [6.07, 6.45) is 2.61. The van der Waals surface area contributed by atoms with Crippen molar-refractivity contribution < 1.29 is 9.53 Å². The number of carbonyl (C=O) groups excluding carboxylic acids is 1. The summed E-state index contributed by atoms with van der Waals surface area (Å²) in [5.74, 6) is 2.33.